The topological polar surface area (TPSA) is 67.2 Å². The average Bonchev–Trinajstić information content (AvgIpc) is 2.97. The number of carbonyl (C=O) groups is 1. The molecule has 0 atom stereocenters. The van der Waals surface area contributed by atoms with Crippen LogP contribution in [0.2, 0.25) is 5.02 Å². The van der Waals surface area contributed by atoms with Crippen LogP contribution in [0.15, 0.2) is 34.9 Å². The third-order valence-electron chi connectivity index (χ3n) is 2.90. The Hall–Kier alpha value is -1.85. The number of amides is 1. The minimum absolute atomic E-state index is 0.250. The van der Waals surface area contributed by atoms with E-state index >= 15 is 0 Å². The molecule has 1 heterocycles. The maximum atomic E-state index is 11.9. The van der Waals surface area contributed by atoms with Gasteiger partial charge in [-0.05, 0) is 25.1 Å². The zero-order chi connectivity index (χ0) is 15.1. The summed E-state index contributed by atoms with van der Waals surface area (Å²) in [6, 6.07) is 8.86. The lowest BCUT2D eigenvalue weighted by Crippen LogP contribution is -2.32. The second-order valence-electron chi connectivity index (χ2n) is 4.56. The summed E-state index contributed by atoms with van der Waals surface area (Å²) in [5, 5.41) is 10.3. The molecule has 2 N–H and O–H groups in total. The predicted molar refractivity (Wildman–Crippen MR) is 82.4 cm³/mol. The van der Waals surface area contributed by atoms with E-state index in [-0.39, 0.29) is 11.6 Å². The third-order valence-corrected chi connectivity index (χ3v) is 3.23. The molecule has 1 amide bonds. The van der Waals surface area contributed by atoms with Crippen LogP contribution in [-0.4, -0.2) is 30.7 Å². The summed E-state index contributed by atoms with van der Waals surface area (Å²) in [4.78, 5) is 11.9. The molecule has 0 spiro atoms. The first-order chi connectivity index (χ1) is 10.2. The fourth-order valence-electron chi connectivity index (χ4n) is 1.83. The molecule has 0 saturated heterocycles. The summed E-state index contributed by atoms with van der Waals surface area (Å²) in [5.41, 5.74) is 0.968. The van der Waals surface area contributed by atoms with Gasteiger partial charge < -0.3 is 15.2 Å². The highest BCUT2D eigenvalue weighted by Gasteiger charge is 2.14. The lowest BCUT2D eigenvalue weighted by atomic mass is 10.1. The van der Waals surface area contributed by atoms with Crippen LogP contribution in [0.5, 0.6) is 0 Å². The van der Waals surface area contributed by atoms with Crippen molar-refractivity contribution >= 4 is 17.5 Å². The molecule has 21 heavy (non-hydrogen) atoms. The average molecular weight is 308 g/mol. The number of benzene rings is 1. The number of nitrogens with one attached hydrogen (secondary N) is 2. The summed E-state index contributed by atoms with van der Waals surface area (Å²) in [5.74, 6) is 0.227. The fraction of sp³-hybridized carbons (Fsp3) is 0.333. The van der Waals surface area contributed by atoms with Crippen molar-refractivity contribution in [1.82, 2.24) is 15.8 Å². The highest BCUT2D eigenvalue weighted by molar-refractivity contribution is 6.33. The van der Waals surface area contributed by atoms with E-state index in [1.807, 2.05) is 18.2 Å². The van der Waals surface area contributed by atoms with Crippen LogP contribution in [0.25, 0.3) is 11.3 Å². The van der Waals surface area contributed by atoms with Gasteiger partial charge in [0.15, 0.2) is 11.5 Å². The Morgan fingerprint density at radius 2 is 2.10 bits per heavy atom. The van der Waals surface area contributed by atoms with Gasteiger partial charge in [0.2, 0.25) is 0 Å². The highest BCUT2D eigenvalue weighted by atomic mass is 35.5. The van der Waals surface area contributed by atoms with Gasteiger partial charge >= 0.3 is 0 Å². The second-order valence-corrected chi connectivity index (χ2v) is 4.97. The Morgan fingerprint density at radius 1 is 1.29 bits per heavy atom. The summed E-state index contributed by atoms with van der Waals surface area (Å²) < 4.78 is 5.19. The third kappa shape index (κ3) is 4.31. The van der Waals surface area contributed by atoms with Crippen molar-refractivity contribution in [3.8, 4) is 11.3 Å². The van der Waals surface area contributed by atoms with Gasteiger partial charge in [-0.2, -0.15) is 0 Å². The molecule has 0 unspecified atom stereocenters. The van der Waals surface area contributed by atoms with Crippen LogP contribution in [-0.2, 0) is 0 Å². The van der Waals surface area contributed by atoms with Crippen LogP contribution in [0.4, 0.5) is 0 Å². The van der Waals surface area contributed by atoms with Gasteiger partial charge in [0.05, 0.1) is 5.02 Å². The highest BCUT2D eigenvalue weighted by Crippen LogP contribution is 2.27. The molecule has 6 heteroatoms. The number of rotatable bonds is 7. The molecule has 1 aromatic carbocycles. The van der Waals surface area contributed by atoms with E-state index in [2.05, 4.69) is 22.7 Å². The van der Waals surface area contributed by atoms with Crippen LogP contribution in [0.3, 0.4) is 0 Å². The molecule has 2 aromatic rings. The quantitative estimate of drug-likeness (QED) is 0.772. The zero-order valence-corrected chi connectivity index (χ0v) is 12.6. The molecule has 2 rings (SSSR count). The molecule has 0 aliphatic carbocycles. The van der Waals surface area contributed by atoms with Gasteiger partial charge in [-0.1, -0.05) is 35.8 Å². The van der Waals surface area contributed by atoms with Crippen molar-refractivity contribution in [2.24, 2.45) is 0 Å². The van der Waals surface area contributed by atoms with Gasteiger partial charge in [-0.3, -0.25) is 4.79 Å². The van der Waals surface area contributed by atoms with Crippen molar-refractivity contribution in [2.45, 2.75) is 13.3 Å². The van der Waals surface area contributed by atoms with Crippen molar-refractivity contribution in [3.05, 3.63) is 41.0 Å². The SMILES string of the molecule is CCCNCCNC(=O)c1cc(-c2ccccc2Cl)on1. The smallest absolute Gasteiger partial charge is 0.273 e. The molecule has 0 aliphatic heterocycles. The number of halogens is 1. The molecule has 0 fully saturated rings. The predicted octanol–water partition coefficient (Wildman–Crippen LogP) is 2.72. The van der Waals surface area contributed by atoms with E-state index in [1.54, 1.807) is 12.1 Å². The number of carbonyl (C=O) groups excluding carboxylic acids is 1. The van der Waals surface area contributed by atoms with E-state index < -0.39 is 0 Å². The van der Waals surface area contributed by atoms with Crippen LogP contribution in [0, 0.1) is 0 Å². The molecule has 0 aliphatic rings. The van der Waals surface area contributed by atoms with Gasteiger partial charge in [0, 0.05) is 24.7 Å². The minimum Gasteiger partial charge on any atom is -0.355 e. The van der Waals surface area contributed by atoms with Crippen LogP contribution < -0.4 is 10.6 Å². The first-order valence-corrected chi connectivity index (χ1v) is 7.30. The minimum atomic E-state index is -0.254. The lowest BCUT2D eigenvalue weighted by Gasteiger charge is -2.03. The Bertz CT molecular complexity index is 598. The summed E-state index contributed by atoms with van der Waals surface area (Å²) >= 11 is 6.08. The van der Waals surface area contributed by atoms with E-state index in [9.17, 15) is 4.79 Å². The molecule has 5 nitrogen and oxygen atoms in total. The molecule has 0 saturated carbocycles. The van der Waals surface area contributed by atoms with E-state index in [4.69, 9.17) is 16.1 Å². The van der Waals surface area contributed by atoms with E-state index in [0.29, 0.717) is 17.3 Å². The van der Waals surface area contributed by atoms with Gasteiger partial charge in [0.25, 0.3) is 5.91 Å². The van der Waals surface area contributed by atoms with Crippen molar-refractivity contribution < 1.29 is 9.32 Å². The summed E-state index contributed by atoms with van der Waals surface area (Å²) in [7, 11) is 0. The first-order valence-electron chi connectivity index (χ1n) is 6.93. The number of aromatic nitrogens is 1. The number of hydrogen-bond donors (Lipinski definition) is 2. The Kier molecular flexibility index (Phi) is 5.78. The Balaban J connectivity index is 1.94. The maximum absolute atomic E-state index is 11.9. The van der Waals surface area contributed by atoms with E-state index in [0.717, 1.165) is 25.1 Å². The molecule has 112 valence electrons. The molecule has 1 aromatic heterocycles. The largest absolute Gasteiger partial charge is 0.355 e. The molecule has 0 bridgehead atoms. The first kappa shape index (κ1) is 15.5. The molecule has 0 radical (unpaired) electrons. The van der Waals surface area contributed by atoms with Crippen molar-refractivity contribution in [3.63, 3.8) is 0 Å². The van der Waals surface area contributed by atoms with Crippen LogP contribution >= 0.6 is 11.6 Å². The maximum Gasteiger partial charge on any atom is 0.273 e. The van der Waals surface area contributed by atoms with Crippen molar-refractivity contribution in [2.75, 3.05) is 19.6 Å². The zero-order valence-electron chi connectivity index (χ0n) is 11.9. The summed E-state index contributed by atoms with van der Waals surface area (Å²) in [6.07, 6.45) is 1.07. The number of hydrogen-bond acceptors (Lipinski definition) is 4. The van der Waals surface area contributed by atoms with Gasteiger partial charge in [-0.15, -0.1) is 0 Å². The normalized spacial score (nSPS) is 10.6. The van der Waals surface area contributed by atoms with Crippen LogP contribution in [0.1, 0.15) is 23.8 Å². The monoisotopic (exact) mass is 307 g/mol. The second kappa shape index (κ2) is 7.81. The Morgan fingerprint density at radius 3 is 2.86 bits per heavy atom. The standard InChI is InChI=1S/C15H18ClN3O2/c1-2-7-17-8-9-18-15(20)13-10-14(21-19-13)11-5-3-4-6-12(11)16/h3-6,10,17H,2,7-9H2,1H3,(H,18,20). The number of nitrogens with zero attached hydrogens (tertiary/aromatic N) is 1. The Labute approximate surface area is 128 Å². The summed E-state index contributed by atoms with van der Waals surface area (Å²) in [6.45, 7) is 4.32. The van der Waals surface area contributed by atoms with Crippen molar-refractivity contribution in [1.29, 1.82) is 0 Å². The van der Waals surface area contributed by atoms with Gasteiger partial charge in [0.1, 0.15) is 0 Å². The van der Waals surface area contributed by atoms with Gasteiger partial charge in [-0.25, -0.2) is 0 Å². The lowest BCUT2D eigenvalue weighted by molar-refractivity contribution is 0.0945. The fourth-order valence-corrected chi connectivity index (χ4v) is 2.06. The molecular formula is C15H18ClN3O2. The molecular weight excluding hydrogens is 290 g/mol. The van der Waals surface area contributed by atoms with E-state index in [1.165, 1.54) is 0 Å².